The lowest BCUT2D eigenvalue weighted by molar-refractivity contribution is -0.117. The Balaban J connectivity index is 1.40. The van der Waals surface area contributed by atoms with Crippen LogP contribution in [0.15, 0.2) is 34.7 Å². The van der Waals surface area contributed by atoms with Gasteiger partial charge in [0.25, 0.3) is 0 Å². The molecule has 0 saturated heterocycles. The lowest BCUT2D eigenvalue weighted by Gasteiger charge is -2.33. The topological polar surface area (TPSA) is 108 Å². The van der Waals surface area contributed by atoms with Gasteiger partial charge in [-0.25, -0.2) is 4.79 Å². The summed E-state index contributed by atoms with van der Waals surface area (Å²) in [5.41, 5.74) is 5.60. The van der Waals surface area contributed by atoms with E-state index in [2.05, 4.69) is 32.6 Å². The van der Waals surface area contributed by atoms with Gasteiger partial charge in [0.15, 0.2) is 0 Å². The summed E-state index contributed by atoms with van der Waals surface area (Å²) in [6.07, 6.45) is 11.3. The Bertz CT molecular complexity index is 1090. The second-order valence-corrected chi connectivity index (χ2v) is 10.1. The molecule has 3 aliphatic carbocycles. The number of amides is 1. The maximum atomic E-state index is 13.2. The molecule has 2 N–H and O–H groups in total. The van der Waals surface area contributed by atoms with Gasteiger partial charge in [0, 0.05) is 23.7 Å². The summed E-state index contributed by atoms with van der Waals surface area (Å²) >= 11 is 1.51. The minimum absolute atomic E-state index is 0.00421. The van der Waals surface area contributed by atoms with Crippen molar-refractivity contribution in [2.75, 3.05) is 17.3 Å². The number of nitrogens with zero attached hydrogens (tertiary/aromatic N) is 4. The van der Waals surface area contributed by atoms with Gasteiger partial charge >= 0.3 is 5.97 Å². The quantitative estimate of drug-likeness (QED) is 0.231. The van der Waals surface area contributed by atoms with Crippen LogP contribution in [0.2, 0.25) is 0 Å². The van der Waals surface area contributed by atoms with Gasteiger partial charge in [0.2, 0.25) is 5.91 Å². The van der Waals surface area contributed by atoms with E-state index in [1.54, 1.807) is 18.7 Å². The van der Waals surface area contributed by atoms with Crippen LogP contribution in [0.25, 0.3) is 0 Å². The minimum Gasteiger partial charge on any atom is -0.462 e. The Morgan fingerprint density at radius 3 is 2.85 bits per heavy atom. The number of carbonyl (C=O) groups is 2. The van der Waals surface area contributed by atoms with Crippen molar-refractivity contribution in [1.82, 2.24) is 9.99 Å². The summed E-state index contributed by atoms with van der Waals surface area (Å²) in [4.78, 5) is 31.0. The maximum Gasteiger partial charge on any atom is 0.341 e. The first kappa shape index (κ1) is 22.5. The van der Waals surface area contributed by atoms with Gasteiger partial charge in [-0.05, 0) is 68.6 Å². The van der Waals surface area contributed by atoms with Gasteiger partial charge in [-0.2, -0.15) is 5.10 Å². The van der Waals surface area contributed by atoms with E-state index in [-0.39, 0.29) is 23.8 Å². The number of fused-ring (bicyclic) bond motifs is 1. The number of hydrogen-bond donors (Lipinski definition) is 2. The first-order valence-electron chi connectivity index (χ1n) is 11.7. The van der Waals surface area contributed by atoms with E-state index in [1.807, 2.05) is 17.1 Å². The molecule has 2 heterocycles. The summed E-state index contributed by atoms with van der Waals surface area (Å²) in [6, 6.07) is 3.78. The zero-order valence-electron chi connectivity index (χ0n) is 18.9. The normalized spacial score (nSPS) is 19.4. The number of nitrogens with one attached hydrogen (secondary N) is 2. The molecule has 5 rings (SSSR count). The van der Waals surface area contributed by atoms with Crippen molar-refractivity contribution in [2.45, 2.75) is 51.0 Å². The predicted octanol–water partition coefficient (Wildman–Crippen LogP) is 3.89. The fourth-order valence-corrected chi connectivity index (χ4v) is 5.34. The molecule has 0 spiro atoms. The highest BCUT2D eigenvalue weighted by molar-refractivity contribution is 7.17. The molecule has 1 unspecified atom stereocenters. The second kappa shape index (κ2) is 9.92. The third-order valence-electron chi connectivity index (χ3n) is 6.34. The molecule has 10 heteroatoms. The van der Waals surface area contributed by atoms with E-state index < -0.39 is 0 Å². The van der Waals surface area contributed by atoms with Crippen LogP contribution in [0.1, 0.15) is 52.9 Å². The van der Waals surface area contributed by atoms with Crippen molar-refractivity contribution in [3.63, 3.8) is 0 Å². The molecule has 0 aliphatic heterocycles. The fraction of sp³-hybridized carbons (Fsp3) is 0.458. The molecule has 0 aromatic carbocycles. The number of anilines is 2. The van der Waals surface area contributed by atoms with Crippen molar-refractivity contribution < 1.29 is 14.3 Å². The van der Waals surface area contributed by atoms with Crippen molar-refractivity contribution in [3.05, 3.63) is 40.5 Å². The lowest BCUT2D eigenvalue weighted by atomic mass is 9.91. The summed E-state index contributed by atoms with van der Waals surface area (Å²) in [6.45, 7) is 3.87. The number of pyridine rings is 1. The number of aromatic nitrogens is 1. The van der Waals surface area contributed by atoms with E-state index >= 15 is 0 Å². The standard InChI is InChI=1S/C24H28N6O3S/c1-25-27-14-30(29-17-3-2-10-26-12-17)18-8-9-20-19(11-18)21(24(32)33-13-15-4-5-15)23(34-20)28-22(31)16-6-7-16/h2-3,10,12,14-16,18,29H,1,4-9,11,13H2,(H,28,31)/b27-14-. The number of esters is 1. The first-order valence-corrected chi connectivity index (χ1v) is 12.5. The molecule has 1 amide bonds. The zero-order chi connectivity index (χ0) is 23.5. The van der Waals surface area contributed by atoms with Gasteiger partial charge in [-0.15, -0.1) is 16.4 Å². The van der Waals surface area contributed by atoms with Crippen LogP contribution in [-0.4, -0.2) is 47.6 Å². The average Bonchev–Trinajstić information content (AvgIpc) is 3.77. The number of ether oxygens (including phenoxy) is 1. The highest BCUT2D eigenvalue weighted by Gasteiger charge is 2.36. The number of carbonyl (C=O) groups excluding carboxylic acids is 2. The van der Waals surface area contributed by atoms with Gasteiger partial charge in [0.05, 0.1) is 30.1 Å². The van der Waals surface area contributed by atoms with Crippen LogP contribution in [0.5, 0.6) is 0 Å². The number of aryl methyl sites for hydroxylation is 1. The zero-order valence-corrected chi connectivity index (χ0v) is 19.7. The van der Waals surface area contributed by atoms with Gasteiger partial charge in [0.1, 0.15) is 11.3 Å². The van der Waals surface area contributed by atoms with E-state index in [9.17, 15) is 9.59 Å². The smallest absolute Gasteiger partial charge is 0.341 e. The molecule has 3 aliphatic rings. The van der Waals surface area contributed by atoms with Gasteiger partial charge in [-0.1, -0.05) is 0 Å². The summed E-state index contributed by atoms with van der Waals surface area (Å²) < 4.78 is 5.66. The molecular weight excluding hydrogens is 452 g/mol. The molecule has 2 aromatic rings. The summed E-state index contributed by atoms with van der Waals surface area (Å²) in [7, 11) is 0. The largest absolute Gasteiger partial charge is 0.462 e. The molecule has 0 bridgehead atoms. The van der Waals surface area contributed by atoms with Crippen LogP contribution in [0.4, 0.5) is 10.7 Å². The maximum absolute atomic E-state index is 13.2. The van der Waals surface area contributed by atoms with Crippen LogP contribution in [-0.2, 0) is 22.4 Å². The van der Waals surface area contributed by atoms with Crippen molar-refractivity contribution in [3.8, 4) is 0 Å². The summed E-state index contributed by atoms with van der Waals surface area (Å²) in [5.74, 6) is 0.182. The number of hydrazine groups is 1. The molecule has 1 atom stereocenters. The van der Waals surface area contributed by atoms with E-state index in [0.29, 0.717) is 29.5 Å². The van der Waals surface area contributed by atoms with Crippen molar-refractivity contribution in [1.29, 1.82) is 0 Å². The number of rotatable bonds is 10. The van der Waals surface area contributed by atoms with Crippen LogP contribution in [0, 0.1) is 11.8 Å². The van der Waals surface area contributed by atoms with E-state index in [0.717, 1.165) is 54.7 Å². The molecule has 9 nitrogen and oxygen atoms in total. The second-order valence-electron chi connectivity index (χ2n) is 9.04. The van der Waals surface area contributed by atoms with Crippen molar-refractivity contribution >= 4 is 47.0 Å². The number of thiophene rings is 1. The number of hydrogen-bond acceptors (Lipinski definition) is 8. The predicted molar refractivity (Wildman–Crippen MR) is 132 cm³/mol. The van der Waals surface area contributed by atoms with Gasteiger partial charge in [-0.3, -0.25) is 20.2 Å². The molecular formula is C24H28N6O3S. The third kappa shape index (κ3) is 5.27. The average molecular weight is 481 g/mol. The van der Waals surface area contributed by atoms with Gasteiger partial charge < -0.3 is 10.1 Å². The SMILES string of the molecule is C=N/N=C\N(Nc1cccnc1)C1CCc2sc(NC(=O)C3CC3)c(C(=O)OCC3CC3)c2C1. The molecule has 2 fully saturated rings. The minimum atomic E-state index is -0.343. The summed E-state index contributed by atoms with van der Waals surface area (Å²) in [5, 5.41) is 13.1. The van der Waals surface area contributed by atoms with E-state index in [4.69, 9.17) is 4.74 Å². The van der Waals surface area contributed by atoms with Crippen LogP contribution in [0.3, 0.4) is 0 Å². The van der Waals surface area contributed by atoms with Crippen LogP contribution < -0.4 is 10.7 Å². The fourth-order valence-electron chi connectivity index (χ4n) is 4.10. The monoisotopic (exact) mass is 480 g/mol. The highest BCUT2D eigenvalue weighted by Crippen LogP contribution is 2.41. The molecule has 178 valence electrons. The highest BCUT2D eigenvalue weighted by atomic mass is 32.1. The van der Waals surface area contributed by atoms with E-state index in [1.165, 1.54) is 11.3 Å². The third-order valence-corrected chi connectivity index (χ3v) is 7.55. The molecule has 0 radical (unpaired) electrons. The molecule has 34 heavy (non-hydrogen) atoms. The Labute approximate surface area is 202 Å². The molecule has 2 aromatic heterocycles. The Morgan fingerprint density at radius 1 is 1.29 bits per heavy atom. The Kier molecular flexibility index (Phi) is 6.57. The first-order chi connectivity index (χ1) is 16.6. The Morgan fingerprint density at radius 2 is 2.15 bits per heavy atom. The molecule has 2 saturated carbocycles. The Hall–Kier alpha value is -3.27. The van der Waals surface area contributed by atoms with Crippen molar-refractivity contribution in [2.24, 2.45) is 22.0 Å². The lowest BCUT2D eigenvalue weighted by Crippen LogP contribution is -2.42. The van der Waals surface area contributed by atoms with Crippen LogP contribution >= 0.6 is 11.3 Å².